The number of anilines is 1. The molecule has 2 amide bonds. The molecule has 1 aromatic rings. The Morgan fingerprint density at radius 1 is 1.14 bits per heavy atom. The average molecular weight is 288 g/mol. The van der Waals surface area contributed by atoms with Crippen LogP contribution in [0.5, 0.6) is 0 Å². The van der Waals surface area contributed by atoms with Crippen molar-refractivity contribution in [1.82, 2.24) is 4.90 Å². The standard InChI is InChI=1S/C17H24N2O2/c1-12-4-6-19(7-5-12)17(21)11-16(20)18-15-9-13(2)8-14(3)10-15/h8-10,12H,4-7,11H2,1-3H3,(H,18,20). The molecular weight excluding hydrogens is 264 g/mol. The molecular formula is C17H24N2O2. The highest BCUT2D eigenvalue weighted by atomic mass is 16.2. The van der Waals surface area contributed by atoms with Gasteiger partial charge in [0.1, 0.15) is 6.42 Å². The van der Waals surface area contributed by atoms with Gasteiger partial charge in [0.05, 0.1) is 0 Å². The summed E-state index contributed by atoms with van der Waals surface area (Å²) in [6.45, 7) is 7.73. The molecule has 0 radical (unpaired) electrons. The van der Waals surface area contributed by atoms with E-state index in [0.717, 1.165) is 42.7 Å². The summed E-state index contributed by atoms with van der Waals surface area (Å²) in [6, 6.07) is 5.88. The van der Waals surface area contributed by atoms with Crippen molar-refractivity contribution in [2.45, 2.75) is 40.0 Å². The maximum absolute atomic E-state index is 12.1. The Hall–Kier alpha value is -1.84. The van der Waals surface area contributed by atoms with Gasteiger partial charge < -0.3 is 10.2 Å². The van der Waals surface area contributed by atoms with E-state index in [0.29, 0.717) is 5.92 Å². The zero-order valence-electron chi connectivity index (χ0n) is 13.1. The van der Waals surface area contributed by atoms with Crippen LogP contribution < -0.4 is 5.32 Å². The molecule has 0 saturated carbocycles. The van der Waals surface area contributed by atoms with E-state index in [2.05, 4.69) is 18.3 Å². The van der Waals surface area contributed by atoms with Crippen LogP contribution in [0.25, 0.3) is 0 Å². The molecule has 1 aliphatic heterocycles. The van der Waals surface area contributed by atoms with Crippen molar-refractivity contribution < 1.29 is 9.59 Å². The molecule has 1 fully saturated rings. The first-order valence-corrected chi connectivity index (χ1v) is 7.60. The predicted molar refractivity (Wildman–Crippen MR) is 84.1 cm³/mol. The molecule has 0 aliphatic carbocycles. The number of amides is 2. The van der Waals surface area contributed by atoms with Gasteiger partial charge in [-0.3, -0.25) is 9.59 Å². The van der Waals surface area contributed by atoms with Gasteiger partial charge in [-0.2, -0.15) is 0 Å². The molecule has 0 aromatic heterocycles. The van der Waals surface area contributed by atoms with Gasteiger partial charge in [-0.05, 0) is 55.9 Å². The number of hydrogen-bond donors (Lipinski definition) is 1. The highest BCUT2D eigenvalue weighted by Gasteiger charge is 2.22. The number of carbonyl (C=O) groups excluding carboxylic acids is 2. The molecule has 1 heterocycles. The molecule has 1 aliphatic rings. The third-order valence-electron chi connectivity index (χ3n) is 3.95. The topological polar surface area (TPSA) is 49.4 Å². The second-order valence-corrected chi connectivity index (χ2v) is 6.16. The Bertz CT molecular complexity index is 511. The van der Waals surface area contributed by atoms with Gasteiger partial charge in [-0.1, -0.05) is 13.0 Å². The number of nitrogens with one attached hydrogen (secondary N) is 1. The molecule has 1 aromatic carbocycles. The van der Waals surface area contributed by atoms with E-state index < -0.39 is 0 Å². The van der Waals surface area contributed by atoms with Crippen molar-refractivity contribution in [1.29, 1.82) is 0 Å². The number of nitrogens with zero attached hydrogens (tertiary/aromatic N) is 1. The maximum Gasteiger partial charge on any atom is 0.233 e. The van der Waals surface area contributed by atoms with E-state index in [-0.39, 0.29) is 18.2 Å². The van der Waals surface area contributed by atoms with Crippen molar-refractivity contribution in [3.63, 3.8) is 0 Å². The predicted octanol–water partition coefficient (Wildman–Crippen LogP) is 2.89. The molecule has 0 unspecified atom stereocenters. The van der Waals surface area contributed by atoms with Crippen LogP contribution in [0.1, 0.15) is 37.3 Å². The highest BCUT2D eigenvalue weighted by molar-refractivity contribution is 6.03. The SMILES string of the molecule is Cc1cc(C)cc(NC(=O)CC(=O)N2CCC(C)CC2)c1. The number of aryl methyl sites for hydroxylation is 2. The summed E-state index contributed by atoms with van der Waals surface area (Å²) in [5.74, 6) is 0.380. The number of carbonyl (C=O) groups is 2. The van der Waals surface area contributed by atoms with E-state index >= 15 is 0 Å². The number of likely N-dealkylation sites (tertiary alicyclic amines) is 1. The molecule has 1 saturated heterocycles. The average Bonchev–Trinajstić information content (AvgIpc) is 2.37. The number of piperidine rings is 1. The van der Waals surface area contributed by atoms with E-state index in [1.165, 1.54) is 0 Å². The first kappa shape index (κ1) is 15.5. The van der Waals surface area contributed by atoms with Gasteiger partial charge in [0, 0.05) is 18.8 Å². The Morgan fingerprint density at radius 2 is 1.71 bits per heavy atom. The summed E-state index contributed by atoms with van der Waals surface area (Å²) in [4.78, 5) is 25.9. The zero-order valence-corrected chi connectivity index (χ0v) is 13.1. The Morgan fingerprint density at radius 3 is 2.29 bits per heavy atom. The van der Waals surface area contributed by atoms with Gasteiger partial charge in [0.15, 0.2) is 0 Å². The third kappa shape index (κ3) is 4.59. The van der Waals surface area contributed by atoms with Crippen molar-refractivity contribution in [2.75, 3.05) is 18.4 Å². The van der Waals surface area contributed by atoms with Crippen LogP contribution in [0, 0.1) is 19.8 Å². The molecule has 0 spiro atoms. The minimum absolute atomic E-state index is 0.0659. The fourth-order valence-electron chi connectivity index (χ4n) is 2.76. The molecule has 4 nitrogen and oxygen atoms in total. The smallest absolute Gasteiger partial charge is 0.233 e. The first-order valence-electron chi connectivity index (χ1n) is 7.60. The highest BCUT2D eigenvalue weighted by Crippen LogP contribution is 2.17. The first-order chi connectivity index (χ1) is 9.94. The van der Waals surface area contributed by atoms with Crippen molar-refractivity contribution >= 4 is 17.5 Å². The van der Waals surface area contributed by atoms with Gasteiger partial charge in [-0.15, -0.1) is 0 Å². The van der Waals surface area contributed by atoms with Crippen molar-refractivity contribution in [2.24, 2.45) is 5.92 Å². The fourth-order valence-corrected chi connectivity index (χ4v) is 2.76. The third-order valence-corrected chi connectivity index (χ3v) is 3.95. The van der Waals surface area contributed by atoms with Crippen LogP contribution in [-0.2, 0) is 9.59 Å². The van der Waals surface area contributed by atoms with Crippen molar-refractivity contribution in [3.05, 3.63) is 29.3 Å². The monoisotopic (exact) mass is 288 g/mol. The van der Waals surface area contributed by atoms with E-state index in [4.69, 9.17) is 0 Å². The molecule has 0 bridgehead atoms. The Kier molecular flexibility index (Phi) is 4.99. The number of benzene rings is 1. The van der Waals surface area contributed by atoms with Crippen LogP contribution in [0.15, 0.2) is 18.2 Å². The van der Waals surface area contributed by atoms with Crippen LogP contribution in [0.4, 0.5) is 5.69 Å². The summed E-state index contributed by atoms with van der Waals surface area (Å²) < 4.78 is 0. The maximum atomic E-state index is 12.1. The van der Waals surface area contributed by atoms with Gasteiger partial charge >= 0.3 is 0 Å². The van der Waals surface area contributed by atoms with Crippen LogP contribution in [-0.4, -0.2) is 29.8 Å². The van der Waals surface area contributed by atoms with Gasteiger partial charge in [-0.25, -0.2) is 0 Å². The summed E-state index contributed by atoms with van der Waals surface area (Å²) >= 11 is 0. The lowest BCUT2D eigenvalue weighted by molar-refractivity contribution is -0.135. The fraction of sp³-hybridized carbons (Fsp3) is 0.529. The van der Waals surface area contributed by atoms with Crippen LogP contribution in [0.2, 0.25) is 0 Å². The lowest BCUT2D eigenvalue weighted by Crippen LogP contribution is -2.39. The minimum atomic E-state index is -0.233. The lowest BCUT2D eigenvalue weighted by Gasteiger charge is -2.30. The largest absolute Gasteiger partial charge is 0.342 e. The molecule has 1 N–H and O–H groups in total. The molecule has 2 rings (SSSR count). The van der Waals surface area contributed by atoms with Gasteiger partial charge in [0.25, 0.3) is 0 Å². The summed E-state index contributed by atoms with van der Waals surface area (Å²) in [7, 11) is 0. The Labute approximate surface area is 126 Å². The summed E-state index contributed by atoms with van der Waals surface area (Å²) in [6.07, 6.45) is 2.00. The zero-order chi connectivity index (χ0) is 15.4. The lowest BCUT2D eigenvalue weighted by atomic mass is 9.99. The Balaban J connectivity index is 1.88. The summed E-state index contributed by atoms with van der Waals surface area (Å²) in [5, 5.41) is 2.82. The molecule has 114 valence electrons. The van der Waals surface area contributed by atoms with Crippen LogP contribution in [0.3, 0.4) is 0 Å². The van der Waals surface area contributed by atoms with Crippen molar-refractivity contribution in [3.8, 4) is 0 Å². The molecule has 21 heavy (non-hydrogen) atoms. The van der Waals surface area contributed by atoms with E-state index in [1.807, 2.05) is 26.0 Å². The van der Waals surface area contributed by atoms with Crippen LogP contribution >= 0.6 is 0 Å². The van der Waals surface area contributed by atoms with Gasteiger partial charge in [0.2, 0.25) is 11.8 Å². The molecule has 0 atom stereocenters. The van der Waals surface area contributed by atoms with E-state index in [1.54, 1.807) is 4.90 Å². The quantitative estimate of drug-likeness (QED) is 0.869. The van der Waals surface area contributed by atoms with E-state index in [9.17, 15) is 9.59 Å². The second-order valence-electron chi connectivity index (χ2n) is 6.16. The number of hydrogen-bond acceptors (Lipinski definition) is 2. The second kappa shape index (κ2) is 6.74. The number of rotatable bonds is 3. The normalized spacial score (nSPS) is 15.9. The minimum Gasteiger partial charge on any atom is -0.342 e. The summed E-state index contributed by atoms with van der Waals surface area (Å²) in [5.41, 5.74) is 2.96. The molecule has 4 heteroatoms.